The number of sulfonamides is 1. The summed E-state index contributed by atoms with van der Waals surface area (Å²) in [7, 11) is -2.33. The van der Waals surface area contributed by atoms with Crippen LogP contribution >= 0.6 is 11.6 Å². The minimum atomic E-state index is -3.87. The van der Waals surface area contributed by atoms with Gasteiger partial charge in [-0.05, 0) is 91.9 Å². The summed E-state index contributed by atoms with van der Waals surface area (Å²) in [6, 6.07) is 19.1. The van der Waals surface area contributed by atoms with Crippen molar-refractivity contribution in [2.75, 3.05) is 24.5 Å². The molecule has 0 spiro atoms. The van der Waals surface area contributed by atoms with Crippen LogP contribution in [0.5, 0.6) is 5.75 Å². The molecule has 0 aromatic heterocycles. The van der Waals surface area contributed by atoms with E-state index in [1.54, 1.807) is 67.8 Å². The lowest BCUT2D eigenvalue weighted by Gasteiger charge is -2.49. The van der Waals surface area contributed by atoms with E-state index in [-0.39, 0.29) is 22.8 Å². The molecule has 1 aliphatic heterocycles. The van der Waals surface area contributed by atoms with E-state index in [1.165, 1.54) is 16.4 Å². The Bertz CT molecular complexity index is 1360. The van der Waals surface area contributed by atoms with Gasteiger partial charge < -0.3 is 9.84 Å². The number of nitrogens with zero attached hydrogens (tertiary/aromatic N) is 2. The molecule has 0 amide bonds. The highest BCUT2D eigenvalue weighted by Gasteiger charge is 2.45. The first-order chi connectivity index (χ1) is 18.7. The third-order valence-corrected chi connectivity index (χ3v) is 10.3. The molecular weight excluding hydrogens is 539 g/mol. The van der Waals surface area contributed by atoms with E-state index in [9.17, 15) is 17.9 Å². The minimum Gasteiger partial charge on any atom is -0.497 e. The van der Waals surface area contributed by atoms with Gasteiger partial charge in [-0.3, -0.25) is 9.21 Å². The van der Waals surface area contributed by atoms with Gasteiger partial charge >= 0.3 is 0 Å². The molecule has 2 fully saturated rings. The molecule has 9 heteroatoms. The highest BCUT2D eigenvalue weighted by Crippen LogP contribution is 2.42. The molecular formula is C30H34ClFN2O4S. The first kappa shape index (κ1) is 27.9. The molecule has 2 atom stereocenters. The third-order valence-electron chi connectivity index (χ3n) is 8.15. The highest BCUT2D eigenvalue weighted by molar-refractivity contribution is 7.92. The maximum atomic E-state index is 14.0. The monoisotopic (exact) mass is 572 g/mol. The quantitative estimate of drug-likeness (QED) is 0.377. The number of likely N-dealkylation sites (tertiary alicyclic amines) is 1. The van der Waals surface area contributed by atoms with Gasteiger partial charge in [0.1, 0.15) is 17.2 Å². The van der Waals surface area contributed by atoms with Gasteiger partial charge in [-0.25, -0.2) is 12.8 Å². The Hall–Kier alpha value is -2.65. The fourth-order valence-electron chi connectivity index (χ4n) is 6.12. The zero-order valence-electron chi connectivity index (χ0n) is 22.0. The van der Waals surface area contributed by atoms with E-state index >= 15 is 0 Å². The van der Waals surface area contributed by atoms with Crippen molar-refractivity contribution in [2.45, 2.75) is 61.1 Å². The van der Waals surface area contributed by atoms with Crippen LogP contribution in [0.15, 0.2) is 77.7 Å². The van der Waals surface area contributed by atoms with E-state index in [0.717, 1.165) is 24.8 Å². The van der Waals surface area contributed by atoms with Crippen molar-refractivity contribution in [3.63, 3.8) is 0 Å². The molecule has 3 aromatic rings. The molecule has 39 heavy (non-hydrogen) atoms. The van der Waals surface area contributed by atoms with Crippen molar-refractivity contribution < 1.29 is 22.7 Å². The van der Waals surface area contributed by atoms with Crippen molar-refractivity contribution in [2.24, 2.45) is 0 Å². The van der Waals surface area contributed by atoms with Gasteiger partial charge in [0.05, 0.1) is 17.7 Å². The van der Waals surface area contributed by atoms with Crippen LogP contribution < -0.4 is 9.04 Å². The summed E-state index contributed by atoms with van der Waals surface area (Å²) in [4.78, 5) is 2.48. The van der Waals surface area contributed by atoms with Crippen molar-refractivity contribution in [3.8, 4) is 5.75 Å². The predicted molar refractivity (Wildman–Crippen MR) is 151 cm³/mol. The van der Waals surface area contributed by atoms with E-state index in [2.05, 4.69) is 4.90 Å². The van der Waals surface area contributed by atoms with Crippen LogP contribution in [0.2, 0.25) is 5.02 Å². The van der Waals surface area contributed by atoms with E-state index in [1.807, 2.05) is 0 Å². The van der Waals surface area contributed by atoms with Gasteiger partial charge in [0.25, 0.3) is 10.0 Å². The van der Waals surface area contributed by atoms with E-state index in [0.29, 0.717) is 48.8 Å². The molecule has 1 aliphatic carbocycles. The normalized spacial score (nSPS) is 22.9. The fourth-order valence-corrected chi connectivity index (χ4v) is 7.96. The zero-order valence-corrected chi connectivity index (χ0v) is 23.5. The summed E-state index contributed by atoms with van der Waals surface area (Å²) in [6.45, 7) is 1.28. The molecule has 1 heterocycles. The Morgan fingerprint density at radius 3 is 2.21 bits per heavy atom. The summed E-state index contributed by atoms with van der Waals surface area (Å²) in [6.07, 6.45) is 4.58. The number of ether oxygens (including phenoxy) is 1. The van der Waals surface area contributed by atoms with Gasteiger partial charge in [0.15, 0.2) is 0 Å². The number of benzene rings is 3. The topological polar surface area (TPSA) is 70.1 Å². The van der Waals surface area contributed by atoms with Crippen molar-refractivity contribution in [3.05, 3.63) is 89.2 Å². The number of aliphatic hydroxyl groups is 1. The average molecular weight is 573 g/mol. The van der Waals surface area contributed by atoms with Crippen LogP contribution in [-0.2, 0) is 15.6 Å². The molecule has 0 bridgehead atoms. The number of anilines is 1. The lowest BCUT2D eigenvalue weighted by molar-refractivity contribution is -0.0849. The maximum Gasteiger partial charge on any atom is 0.264 e. The van der Waals surface area contributed by atoms with Gasteiger partial charge in [0.2, 0.25) is 0 Å². The molecule has 2 aliphatic rings. The van der Waals surface area contributed by atoms with Crippen molar-refractivity contribution >= 4 is 27.3 Å². The Labute approximate surface area is 235 Å². The molecule has 2 unspecified atom stereocenters. The minimum absolute atomic E-state index is 0.111. The number of methoxy groups -OCH3 is 1. The summed E-state index contributed by atoms with van der Waals surface area (Å²) in [5, 5.41) is 12.4. The molecule has 208 valence electrons. The standard InChI is InChI=1S/C30H34ClFN2O4S/c1-38-27-13-15-28(16-14-27)39(36,37)34(25-11-7-23(31)8-12-25)26-17-20-33(21-18-26)29-4-2-3-19-30(29,35)22-5-9-24(32)10-6-22/h5-16,26,29,35H,2-4,17-21H2,1H3. The van der Waals surface area contributed by atoms with Crippen molar-refractivity contribution in [1.29, 1.82) is 0 Å². The lowest BCUT2D eigenvalue weighted by atomic mass is 9.74. The molecule has 0 radical (unpaired) electrons. The number of rotatable bonds is 7. The number of halogens is 2. The Balaban J connectivity index is 1.40. The van der Waals surface area contributed by atoms with Crippen LogP contribution in [0.4, 0.5) is 10.1 Å². The predicted octanol–water partition coefficient (Wildman–Crippen LogP) is 5.98. The van der Waals surface area contributed by atoms with Crippen LogP contribution in [0, 0.1) is 5.82 Å². The molecule has 6 nitrogen and oxygen atoms in total. The largest absolute Gasteiger partial charge is 0.497 e. The molecule has 3 aromatic carbocycles. The maximum absolute atomic E-state index is 14.0. The van der Waals surface area contributed by atoms with Gasteiger partial charge in [0, 0.05) is 30.2 Å². The smallest absolute Gasteiger partial charge is 0.264 e. The van der Waals surface area contributed by atoms with Crippen molar-refractivity contribution in [1.82, 2.24) is 4.90 Å². The average Bonchev–Trinajstić information content (AvgIpc) is 2.95. The Morgan fingerprint density at radius 2 is 1.59 bits per heavy atom. The van der Waals surface area contributed by atoms with E-state index < -0.39 is 15.6 Å². The van der Waals surface area contributed by atoms with Crippen LogP contribution in [0.1, 0.15) is 44.1 Å². The second kappa shape index (κ2) is 11.5. The molecule has 1 saturated heterocycles. The molecule has 1 saturated carbocycles. The second-order valence-electron chi connectivity index (χ2n) is 10.4. The zero-order chi connectivity index (χ0) is 27.6. The van der Waals surface area contributed by atoms with E-state index in [4.69, 9.17) is 16.3 Å². The first-order valence-electron chi connectivity index (χ1n) is 13.4. The Morgan fingerprint density at radius 1 is 0.949 bits per heavy atom. The van der Waals surface area contributed by atoms with Gasteiger partial charge in [-0.15, -0.1) is 0 Å². The molecule has 1 N–H and O–H groups in total. The first-order valence-corrected chi connectivity index (χ1v) is 15.2. The summed E-state index contributed by atoms with van der Waals surface area (Å²) in [5.41, 5.74) is 0.235. The Kier molecular flexibility index (Phi) is 8.19. The highest BCUT2D eigenvalue weighted by atomic mass is 35.5. The summed E-state index contributed by atoms with van der Waals surface area (Å²) >= 11 is 6.12. The number of hydrogen-bond donors (Lipinski definition) is 1. The van der Waals surface area contributed by atoms with Gasteiger partial charge in [-0.1, -0.05) is 36.6 Å². The number of hydrogen-bond acceptors (Lipinski definition) is 5. The van der Waals surface area contributed by atoms with Crippen LogP contribution in [0.25, 0.3) is 0 Å². The third kappa shape index (κ3) is 5.66. The lowest BCUT2D eigenvalue weighted by Crippen LogP contribution is -2.57. The van der Waals surface area contributed by atoms with Crippen LogP contribution in [-0.4, -0.2) is 50.7 Å². The van der Waals surface area contributed by atoms with Gasteiger partial charge in [-0.2, -0.15) is 0 Å². The SMILES string of the molecule is COc1ccc(S(=O)(=O)N(c2ccc(Cl)cc2)C2CCN(C3CCCCC3(O)c3ccc(F)cc3)CC2)cc1. The number of piperidine rings is 1. The summed E-state index contributed by atoms with van der Waals surface area (Å²) < 4.78 is 48.3. The second-order valence-corrected chi connectivity index (χ2v) is 12.7. The molecule has 5 rings (SSSR count). The van der Waals surface area contributed by atoms with Crippen LogP contribution in [0.3, 0.4) is 0 Å². The fraction of sp³-hybridized carbons (Fsp3) is 0.400. The summed E-state index contributed by atoms with van der Waals surface area (Å²) in [5.74, 6) is 0.261.